The lowest BCUT2D eigenvalue weighted by atomic mass is 9.51. The van der Waals surface area contributed by atoms with E-state index >= 15 is 0 Å². The SMILES string of the molecule is Cc1cccc([C@H]2C3=CC[C@@H]4C(=O)N(c5ccc(Cl)cc5)C(=O)[C@@H]4[C@@H]3C[C@H]3C(=O)N(c4ccc(F)c(Cl)c4)C(=O)[C@@]23C)c1O. The third-order valence-corrected chi connectivity index (χ3v) is 10.6. The molecule has 4 aliphatic rings. The molecule has 0 spiro atoms. The molecule has 10 heteroatoms. The van der Waals surface area contributed by atoms with Gasteiger partial charge in [-0.05, 0) is 80.6 Å². The van der Waals surface area contributed by atoms with E-state index in [1.165, 1.54) is 17.0 Å². The second-order valence-corrected chi connectivity index (χ2v) is 13.1. The molecule has 1 saturated carbocycles. The van der Waals surface area contributed by atoms with E-state index in [4.69, 9.17) is 23.2 Å². The van der Waals surface area contributed by atoms with Gasteiger partial charge in [0.25, 0.3) is 0 Å². The molecule has 3 aromatic carbocycles. The van der Waals surface area contributed by atoms with Gasteiger partial charge in [-0.1, -0.05) is 53.1 Å². The summed E-state index contributed by atoms with van der Waals surface area (Å²) in [6, 6.07) is 15.4. The molecule has 7 rings (SSSR count). The maximum atomic E-state index is 14.5. The Morgan fingerprint density at radius 3 is 2.30 bits per heavy atom. The molecule has 3 aromatic rings. The Morgan fingerprint density at radius 1 is 0.886 bits per heavy atom. The van der Waals surface area contributed by atoms with Gasteiger partial charge in [-0.3, -0.25) is 24.1 Å². The third kappa shape index (κ3) is 3.86. The average molecular weight is 634 g/mol. The first-order chi connectivity index (χ1) is 20.9. The van der Waals surface area contributed by atoms with Crippen LogP contribution in [0.2, 0.25) is 10.0 Å². The molecule has 2 aliphatic carbocycles. The Balaban J connectivity index is 1.38. The molecule has 0 unspecified atom stereocenters. The van der Waals surface area contributed by atoms with Crippen molar-refractivity contribution in [3.8, 4) is 5.75 Å². The number of fused-ring (bicyclic) bond motifs is 4. The first-order valence-electron chi connectivity index (χ1n) is 14.4. The lowest BCUT2D eigenvalue weighted by Crippen LogP contribution is -2.49. The van der Waals surface area contributed by atoms with Gasteiger partial charge in [0.05, 0.1) is 39.6 Å². The van der Waals surface area contributed by atoms with Crippen molar-refractivity contribution < 1.29 is 28.7 Å². The number of allylic oxidation sites excluding steroid dienone is 2. The van der Waals surface area contributed by atoms with Crippen LogP contribution >= 0.6 is 23.2 Å². The van der Waals surface area contributed by atoms with E-state index in [1.54, 1.807) is 56.3 Å². The van der Waals surface area contributed by atoms with Gasteiger partial charge >= 0.3 is 0 Å². The van der Waals surface area contributed by atoms with Crippen LogP contribution in [-0.2, 0) is 19.2 Å². The summed E-state index contributed by atoms with van der Waals surface area (Å²) in [6.45, 7) is 3.47. The number of phenols is 1. The van der Waals surface area contributed by atoms with Crippen LogP contribution in [0.15, 0.2) is 72.3 Å². The lowest BCUT2D eigenvalue weighted by molar-refractivity contribution is -0.131. The summed E-state index contributed by atoms with van der Waals surface area (Å²) in [7, 11) is 0. The first-order valence-corrected chi connectivity index (χ1v) is 15.2. The summed E-state index contributed by atoms with van der Waals surface area (Å²) >= 11 is 12.1. The summed E-state index contributed by atoms with van der Waals surface area (Å²) in [5.74, 6) is -5.96. The number of amides is 4. The van der Waals surface area contributed by atoms with Crippen molar-refractivity contribution in [3.05, 3.63) is 99.3 Å². The number of para-hydroxylation sites is 1. The van der Waals surface area contributed by atoms with Gasteiger partial charge in [-0.2, -0.15) is 0 Å². The van der Waals surface area contributed by atoms with Crippen LogP contribution in [0.25, 0.3) is 0 Å². The molecule has 44 heavy (non-hydrogen) atoms. The number of anilines is 2. The minimum atomic E-state index is -1.35. The molecule has 0 bridgehead atoms. The fourth-order valence-corrected chi connectivity index (χ4v) is 8.29. The van der Waals surface area contributed by atoms with E-state index in [2.05, 4.69) is 0 Å². The highest BCUT2D eigenvalue weighted by Gasteiger charge is 2.68. The summed E-state index contributed by atoms with van der Waals surface area (Å²) < 4.78 is 14.1. The number of phenolic OH excluding ortho intramolecular Hbond substituents is 1. The second kappa shape index (κ2) is 10.0. The molecule has 2 saturated heterocycles. The molecule has 2 heterocycles. The predicted octanol–water partition coefficient (Wildman–Crippen LogP) is 6.58. The molecule has 0 radical (unpaired) electrons. The molecule has 7 nitrogen and oxygen atoms in total. The molecular formula is C34H27Cl2FN2O5. The van der Waals surface area contributed by atoms with Crippen LogP contribution in [0.4, 0.5) is 15.8 Å². The van der Waals surface area contributed by atoms with E-state index in [0.717, 1.165) is 16.5 Å². The summed E-state index contributed by atoms with van der Waals surface area (Å²) in [5, 5.41) is 11.6. The number of carbonyl (C=O) groups is 4. The number of benzene rings is 3. The topological polar surface area (TPSA) is 95.0 Å². The number of hydrogen-bond donors (Lipinski definition) is 1. The number of imide groups is 2. The molecule has 3 fully saturated rings. The Hall–Kier alpha value is -4.01. The van der Waals surface area contributed by atoms with Gasteiger partial charge in [0.2, 0.25) is 23.6 Å². The molecular weight excluding hydrogens is 606 g/mol. The highest BCUT2D eigenvalue weighted by Crippen LogP contribution is 2.64. The number of halogens is 3. The van der Waals surface area contributed by atoms with Gasteiger partial charge in [0, 0.05) is 16.5 Å². The lowest BCUT2D eigenvalue weighted by Gasteiger charge is -2.49. The van der Waals surface area contributed by atoms with E-state index in [1.807, 2.05) is 6.08 Å². The second-order valence-electron chi connectivity index (χ2n) is 12.3. The summed E-state index contributed by atoms with van der Waals surface area (Å²) in [6.07, 6.45) is 2.34. The maximum Gasteiger partial charge on any atom is 0.241 e. The van der Waals surface area contributed by atoms with Crippen molar-refractivity contribution in [1.82, 2.24) is 0 Å². The Labute approximate surface area is 262 Å². The average Bonchev–Trinajstić information content (AvgIpc) is 3.36. The van der Waals surface area contributed by atoms with Gasteiger partial charge < -0.3 is 5.11 Å². The Kier molecular flexibility index (Phi) is 6.54. The van der Waals surface area contributed by atoms with Crippen molar-refractivity contribution in [2.75, 3.05) is 9.80 Å². The Bertz CT molecular complexity index is 1820. The highest BCUT2D eigenvalue weighted by molar-refractivity contribution is 6.32. The molecule has 224 valence electrons. The third-order valence-electron chi connectivity index (χ3n) is 10.1. The molecule has 0 aromatic heterocycles. The van der Waals surface area contributed by atoms with Crippen LogP contribution in [0, 0.1) is 41.8 Å². The minimum Gasteiger partial charge on any atom is -0.507 e. The fourth-order valence-electron chi connectivity index (χ4n) is 7.99. The van der Waals surface area contributed by atoms with Crippen molar-refractivity contribution in [2.24, 2.45) is 29.1 Å². The zero-order valence-electron chi connectivity index (χ0n) is 23.8. The summed E-state index contributed by atoms with van der Waals surface area (Å²) in [4.78, 5) is 58.7. The largest absolute Gasteiger partial charge is 0.507 e. The summed E-state index contributed by atoms with van der Waals surface area (Å²) in [5.41, 5.74) is 1.04. The first kappa shape index (κ1) is 28.7. The maximum absolute atomic E-state index is 14.5. The van der Waals surface area contributed by atoms with Crippen LogP contribution in [0.1, 0.15) is 36.8 Å². The zero-order chi connectivity index (χ0) is 31.2. The number of rotatable bonds is 3. The van der Waals surface area contributed by atoms with E-state index in [-0.39, 0.29) is 41.1 Å². The van der Waals surface area contributed by atoms with Gasteiger partial charge in [-0.15, -0.1) is 0 Å². The van der Waals surface area contributed by atoms with E-state index < -0.39 is 52.6 Å². The molecule has 1 N–H and O–H groups in total. The zero-order valence-corrected chi connectivity index (χ0v) is 25.3. The molecule has 6 atom stereocenters. The van der Waals surface area contributed by atoms with Gasteiger partial charge in [0.1, 0.15) is 11.6 Å². The fraction of sp³-hybridized carbons (Fsp3) is 0.294. The molecule has 4 amide bonds. The quantitative estimate of drug-likeness (QED) is 0.260. The van der Waals surface area contributed by atoms with Crippen molar-refractivity contribution in [1.29, 1.82) is 0 Å². The van der Waals surface area contributed by atoms with Crippen molar-refractivity contribution >= 4 is 58.2 Å². The standard InChI is InChI=1S/C34H27Cl2FN2O5/c1-16-4-3-5-22(29(16)40)28-20-11-12-21-27(32(43)38(30(21)41)18-8-6-17(35)7-9-18)23(20)15-24-31(42)39(33(44)34(24,28)2)19-10-13-26(37)25(36)14-19/h3-11,13-14,21,23-24,27-28,40H,12,15H2,1-2H3/t21-,23+,24-,27-,28+,34+/m0/s1. The van der Waals surface area contributed by atoms with E-state index in [9.17, 15) is 28.7 Å². The van der Waals surface area contributed by atoms with Gasteiger partial charge in [0.15, 0.2) is 0 Å². The van der Waals surface area contributed by atoms with Crippen molar-refractivity contribution in [3.63, 3.8) is 0 Å². The van der Waals surface area contributed by atoms with Gasteiger partial charge in [-0.25, -0.2) is 9.29 Å². The Morgan fingerprint density at radius 2 is 1.59 bits per heavy atom. The monoisotopic (exact) mass is 632 g/mol. The van der Waals surface area contributed by atoms with Crippen LogP contribution in [0.3, 0.4) is 0 Å². The smallest absolute Gasteiger partial charge is 0.241 e. The number of aromatic hydroxyl groups is 1. The number of nitrogens with zero attached hydrogens (tertiary/aromatic N) is 2. The number of carbonyl (C=O) groups excluding carboxylic acids is 4. The predicted molar refractivity (Wildman–Crippen MR) is 163 cm³/mol. The van der Waals surface area contributed by atoms with E-state index in [0.29, 0.717) is 21.8 Å². The number of hydrogen-bond acceptors (Lipinski definition) is 5. The van der Waals surface area contributed by atoms with Crippen molar-refractivity contribution in [2.45, 2.75) is 32.6 Å². The highest BCUT2D eigenvalue weighted by atomic mass is 35.5. The van der Waals surface area contributed by atoms with Crippen LogP contribution in [-0.4, -0.2) is 28.7 Å². The number of aryl methyl sites for hydroxylation is 1. The molecule has 2 aliphatic heterocycles. The minimum absolute atomic E-state index is 0.00119. The van der Waals surface area contributed by atoms with Crippen LogP contribution < -0.4 is 9.80 Å². The normalized spacial score (nSPS) is 29.5. The van der Waals surface area contributed by atoms with Crippen LogP contribution in [0.5, 0.6) is 5.75 Å².